The highest BCUT2D eigenvalue weighted by Crippen LogP contribution is 2.30. The van der Waals surface area contributed by atoms with E-state index in [0.717, 1.165) is 18.7 Å². The van der Waals surface area contributed by atoms with Gasteiger partial charge in [-0.25, -0.2) is 13.5 Å². The number of ether oxygens (including phenoxy) is 1. The van der Waals surface area contributed by atoms with E-state index in [2.05, 4.69) is 22.3 Å². The maximum atomic E-state index is 14.5. The summed E-state index contributed by atoms with van der Waals surface area (Å²) in [5, 5.41) is 10.1. The van der Waals surface area contributed by atoms with Crippen LogP contribution in [0.2, 0.25) is 0 Å². The summed E-state index contributed by atoms with van der Waals surface area (Å²) in [5.74, 6) is -1.63. The van der Waals surface area contributed by atoms with Crippen molar-refractivity contribution in [2.75, 3.05) is 11.9 Å². The monoisotopic (exact) mass is 506 g/mol. The number of hydrogen-bond donors (Lipinski definition) is 2. The minimum Gasteiger partial charge on any atom is -0.388 e. The molecule has 6 nitrogen and oxygen atoms in total. The van der Waals surface area contributed by atoms with Gasteiger partial charge in [-0.3, -0.25) is 4.79 Å². The molecule has 0 radical (unpaired) electrons. The maximum Gasteiger partial charge on any atom is 0.414 e. The molecule has 190 valence electrons. The summed E-state index contributed by atoms with van der Waals surface area (Å²) < 4.78 is 72.6. The Hall–Kier alpha value is -3.73. The third-order valence-electron chi connectivity index (χ3n) is 5.71. The van der Waals surface area contributed by atoms with Crippen LogP contribution >= 0.6 is 0 Å². The molecule has 1 aliphatic heterocycles. The van der Waals surface area contributed by atoms with E-state index in [-0.39, 0.29) is 28.8 Å². The Morgan fingerprint density at radius 3 is 2.56 bits per heavy atom. The van der Waals surface area contributed by atoms with E-state index in [1.807, 2.05) is 0 Å². The second-order valence-electron chi connectivity index (χ2n) is 8.52. The molecule has 2 atom stereocenters. The largest absolute Gasteiger partial charge is 0.414 e. The summed E-state index contributed by atoms with van der Waals surface area (Å²) >= 11 is 0. The van der Waals surface area contributed by atoms with Crippen molar-refractivity contribution in [3.63, 3.8) is 0 Å². The van der Waals surface area contributed by atoms with Crippen LogP contribution in [0.5, 0.6) is 0 Å². The number of carbonyl (C=O) groups is 1. The first-order valence-electron chi connectivity index (χ1n) is 11.1. The Balaban J connectivity index is 1.67. The van der Waals surface area contributed by atoms with Crippen LogP contribution in [-0.2, 0) is 16.1 Å². The van der Waals surface area contributed by atoms with Gasteiger partial charge in [-0.2, -0.15) is 13.2 Å². The number of rotatable bonds is 7. The molecule has 4 rings (SSSR count). The smallest absolute Gasteiger partial charge is 0.388 e. The van der Waals surface area contributed by atoms with Gasteiger partial charge in [0.25, 0.3) is 0 Å². The normalized spacial score (nSPS) is 16.6. The Kier molecular flexibility index (Phi) is 7.11. The number of carbonyl (C=O) groups excluding carboxylic acids is 1. The molecule has 2 N–H and O–H groups in total. The minimum atomic E-state index is -4.55. The molecule has 1 fully saturated rings. The number of halogens is 5. The first-order chi connectivity index (χ1) is 17.0. The van der Waals surface area contributed by atoms with Crippen molar-refractivity contribution in [3.8, 4) is 16.9 Å². The van der Waals surface area contributed by atoms with Crippen LogP contribution in [0.3, 0.4) is 0 Å². The van der Waals surface area contributed by atoms with E-state index < -0.39 is 30.5 Å². The molecule has 0 unspecified atom stereocenters. The summed E-state index contributed by atoms with van der Waals surface area (Å²) in [7, 11) is 0. The van der Waals surface area contributed by atoms with Crippen LogP contribution in [0.25, 0.3) is 16.9 Å². The predicted octanol–water partition coefficient (Wildman–Crippen LogP) is 5.35. The van der Waals surface area contributed by atoms with Crippen molar-refractivity contribution < 1.29 is 31.5 Å². The standard InChI is InChI=1S/C25H23F5N4O2/c1-14-7-18(12-31-14)24(35)32-23-11-22(34(33-23)21-5-3-19(26)4-6-21)17-8-16(9-20(27)10-17)13-36-15(2)25(28,29)30/h3-6,8-11,15,18,31H,1,7,12-13H2,2H3,(H,32,33,35)/t15-,18+/m1/s1. The SMILES string of the molecule is C=C1C[C@H](C(=O)Nc2cc(-c3cc(F)cc(CO[C@H](C)C(F)(F)F)c3)n(-c3ccc(F)cc3)n2)CN1. The van der Waals surface area contributed by atoms with Gasteiger partial charge in [0.1, 0.15) is 11.6 Å². The molecule has 1 aliphatic rings. The van der Waals surface area contributed by atoms with Crippen molar-refractivity contribution in [2.24, 2.45) is 5.92 Å². The fourth-order valence-electron chi connectivity index (χ4n) is 3.75. The number of alkyl halides is 3. The lowest BCUT2D eigenvalue weighted by Crippen LogP contribution is -2.28. The zero-order chi connectivity index (χ0) is 26.0. The number of hydrogen-bond acceptors (Lipinski definition) is 4. The van der Waals surface area contributed by atoms with Gasteiger partial charge in [0.2, 0.25) is 5.91 Å². The summed E-state index contributed by atoms with van der Waals surface area (Å²) in [6.45, 7) is 4.63. The van der Waals surface area contributed by atoms with Crippen molar-refractivity contribution in [2.45, 2.75) is 32.2 Å². The van der Waals surface area contributed by atoms with E-state index >= 15 is 0 Å². The fraction of sp³-hybridized carbons (Fsp3) is 0.280. The molecule has 1 amide bonds. The summed E-state index contributed by atoms with van der Waals surface area (Å²) in [6, 6.07) is 10.6. The molecule has 1 aromatic heterocycles. The quantitative estimate of drug-likeness (QED) is 0.424. The van der Waals surface area contributed by atoms with Crippen molar-refractivity contribution in [1.29, 1.82) is 0 Å². The molecule has 0 bridgehead atoms. The first kappa shape index (κ1) is 25.4. The zero-order valence-electron chi connectivity index (χ0n) is 19.2. The highest BCUT2D eigenvalue weighted by atomic mass is 19.4. The molecule has 2 aromatic carbocycles. The highest BCUT2D eigenvalue weighted by Gasteiger charge is 2.36. The summed E-state index contributed by atoms with van der Waals surface area (Å²) in [5.41, 5.74) is 1.96. The van der Waals surface area contributed by atoms with E-state index in [9.17, 15) is 26.7 Å². The van der Waals surface area contributed by atoms with Crippen LogP contribution in [0.15, 0.2) is 60.8 Å². The summed E-state index contributed by atoms with van der Waals surface area (Å²) in [4.78, 5) is 12.7. The minimum absolute atomic E-state index is 0.171. The number of anilines is 1. The predicted molar refractivity (Wildman–Crippen MR) is 123 cm³/mol. The average Bonchev–Trinajstić information content (AvgIpc) is 3.43. The Labute approximate surface area is 203 Å². The molecular formula is C25H23F5N4O2. The van der Waals surface area contributed by atoms with Gasteiger partial charge in [-0.1, -0.05) is 6.58 Å². The molecule has 36 heavy (non-hydrogen) atoms. The third kappa shape index (κ3) is 5.91. The maximum absolute atomic E-state index is 14.5. The second-order valence-corrected chi connectivity index (χ2v) is 8.52. The van der Waals surface area contributed by atoms with E-state index in [1.54, 1.807) is 0 Å². The molecule has 11 heteroatoms. The van der Waals surface area contributed by atoms with Gasteiger partial charge in [0.05, 0.1) is 23.9 Å². The number of nitrogens with zero attached hydrogens (tertiary/aromatic N) is 2. The van der Waals surface area contributed by atoms with Crippen LogP contribution in [0.4, 0.5) is 27.8 Å². The average molecular weight is 506 g/mol. The summed E-state index contributed by atoms with van der Waals surface area (Å²) in [6.07, 6.45) is -6.11. The molecule has 2 heterocycles. The molecule has 0 saturated carbocycles. The lowest BCUT2D eigenvalue weighted by atomic mass is 10.1. The second kappa shape index (κ2) is 10.1. The van der Waals surface area contributed by atoms with Crippen LogP contribution in [-0.4, -0.2) is 34.5 Å². The van der Waals surface area contributed by atoms with Gasteiger partial charge in [0.15, 0.2) is 11.9 Å². The van der Waals surface area contributed by atoms with Crippen molar-refractivity contribution in [3.05, 3.63) is 78.0 Å². The zero-order valence-corrected chi connectivity index (χ0v) is 19.2. The number of allylic oxidation sites excluding steroid dienone is 1. The van der Waals surface area contributed by atoms with Crippen LogP contribution in [0.1, 0.15) is 18.9 Å². The number of nitrogens with one attached hydrogen (secondary N) is 2. The number of benzene rings is 2. The molecule has 3 aromatic rings. The van der Waals surface area contributed by atoms with Gasteiger partial charge in [0, 0.05) is 23.9 Å². The molecular weight excluding hydrogens is 483 g/mol. The Morgan fingerprint density at radius 1 is 1.19 bits per heavy atom. The molecule has 0 spiro atoms. The highest BCUT2D eigenvalue weighted by molar-refractivity contribution is 5.93. The van der Waals surface area contributed by atoms with E-state index in [4.69, 9.17) is 4.74 Å². The fourth-order valence-corrected chi connectivity index (χ4v) is 3.75. The Bertz CT molecular complexity index is 1270. The van der Waals surface area contributed by atoms with Gasteiger partial charge >= 0.3 is 6.18 Å². The molecule has 0 aliphatic carbocycles. The van der Waals surface area contributed by atoms with E-state index in [0.29, 0.717) is 24.3 Å². The number of amides is 1. The topological polar surface area (TPSA) is 68.2 Å². The van der Waals surface area contributed by atoms with Gasteiger partial charge in [-0.05, 0) is 61.4 Å². The van der Waals surface area contributed by atoms with Crippen LogP contribution in [0, 0.1) is 17.6 Å². The third-order valence-corrected chi connectivity index (χ3v) is 5.71. The lowest BCUT2D eigenvalue weighted by molar-refractivity contribution is -0.217. The number of aromatic nitrogens is 2. The first-order valence-corrected chi connectivity index (χ1v) is 11.1. The Morgan fingerprint density at radius 2 is 1.92 bits per heavy atom. The van der Waals surface area contributed by atoms with E-state index in [1.165, 1.54) is 47.1 Å². The van der Waals surface area contributed by atoms with Crippen LogP contribution < -0.4 is 10.6 Å². The van der Waals surface area contributed by atoms with Gasteiger partial charge < -0.3 is 15.4 Å². The van der Waals surface area contributed by atoms with Crippen molar-refractivity contribution >= 4 is 11.7 Å². The van der Waals surface area contributed by atoms with Gasteiger partial charge in [-0.15, -0.1) is 5.10 Å². The lowest BCUT2D eigenvalue weighted by Gasteiger charge is -2.16. The molecule has 1 saturated heterocycles. The van der Waals surface area contributed by atoms with Crippen molar-refractivity contribution in [1.82, 2.24) is 15.1 Å².